The standard InChI is InChI=1S/C14H15BrClNOS/c1-10(14-3-2-8-19-14)17-6-7-18-13-5-4-11(15)9-12(13)16/h2-5,8-10,17H,6-7H2,1H3. The van der Waals surface area contributed by atoms with E-state index in [0.29, 0.717) is 17.7 Å². The summed E-state index contributed by atoms with van der Waals surface area (Å²) in [5.41, 5.74) is 0. The highest BCUT2D eigenvalue weighted by molar-refractivity contribution is 9.10. The molecule has 0 saturated heterocycles. The lowest BCUT2D eigenvalue weighted by Gasteiger charge is -2.13. The van der Waals surface area contributed by atoms with Gasteiger partial charge in [0.25, 0.3) is 0 Å². The van der Waals surface area contributed by atoms with Crippen molar-refractivity contribution in [1.82, 2.24) is 5.32 Å². The molecule has 1 heterocycles. The Hall–Kier alpha value is -0.550. The lowest BCUT2D eigenvalue weighted by Crippen LogP contribution is -2.23. The molecule has 0 aliphatic heterocycles. The van der Waals surface area contributed by atoms with E-state index in [1.807, 2.05) is 18.2 Å². The number of nitrogens with one attached hydrogen (secondary N) is 1. The van der Waals surface area contributed by atoms with Gasteiger partial charge < -0.3 is 10.1 Å². The van der Waals surface area contributed by atoms with Crippen molar-refractivity contribution < 1.29 is 4.74 Å². The van der Waals surface area contributed by atoms with Gasteiger partial charge in [-0.2, -0.15) is 0 Å². The summed E-state index contributed by atoms with van der Waals surface area (Å²) in [6, 6.07) is 10.2. The van der Waals surface area contributed by atoms with Gasteiger partial charge in [-0.15, -0.1) is 11.3 Å². The van der Waals surface area contributed by atoms with E-state index >= 15 is 0 Å². The highest BCUT2D eigenvalue weighted by Gasteiger charge is 2.06. The first-order valence-electron chi connectivity index (χ1n) is 6.01. The third-order valence-electron chi connectivity index (χ3n) is 2.67. The molecule has 0 bridgehead atoms. The van der Waals surface area contributed by atoms with Crippen LogP contribution in [0.15, 0.2) is 40.2 Å². The fourth-order valence-electron chi connectivity index (χ4n) is 1.67. The van der Waals surface area contributed by atoms with Crippen LogP contribution in [0.3, 0.4) is 0 Å². The van der Waals surface area contributed by atoms with Gasteiger partial charge in [0.05, 0.1) is 5.02 Å². The number of hydrogen-bond acceptors (Lipinski definition) is 3. The maximum atomic E-state index is 6.08. The molecule has 0 aliphatic rings. The van der Waals surface area contributed by atoms with Crippen molar-refractivity contribution in [3.63, 3.8) is 0 Å². The fraction of sp³-hybridized carbons (Fsp3) is 0.286. The van der Waals surface area contributed by atoms with Crippen molar-refractivity contribution in [3.05, 3.63) is 50.1 Å². The van der Waals surface area contributed by atoms with Crippen molar-refractivity contribution >= 4 is 38.9 Å². The van der Waals surface area contributed by atoms with Gasteiger partial charge in [0.2, 0.25) is 0 Å². The van der Waals surface area contributed by atoms with Gasteiger partial charge in [-0.3, -0.25) is 0 Å². The lowest BCUT2D eigenvalue weighted by molar-refractivity contribution is 0.308. The first-order chi connectivity index (χ1) is 9.16. The van der Waals surface area contributed by atoms with E-state index in [-0.39, 0.29) is 0 Å². The highest BCUT2D eigenvalue weighted by Crippen LogP contribution is 2.27. The quantitative estimate of drug-likeness (QED) is 0.740. The molecule has 0 fully saturated rings. The molecule has 0 saturated carbocycles. The van der Waals surface area contributed by atoms with Crippen LogP contribution in [0.2, 0.25) is 5.02 Å². The average molecular weight is 361 g/mol. The lowest BCUT2D eigenvalue weighted by atomic mass is 10.3. The maximum absolute atomic E-state index is 6.08. The molecule has 2 rings (SSSR count). The number of benzene rings is 1. The molecule has 19 heavy (non-hydrogen) atoms. The predicted octanol–water partition coefficient (Wildman–Crippen LogP) is 4.89. The third kappa shape index (κ3) is 4.49. The second-order valence-electron chi connectivity index (χ2n) is 4.11. The molecule has 102 valence electrons. The summed E-state index contributed by atoms with van der Waals surface area (Å²) in [5, 5.41) is 6.13. The zero-order chi connectivity index (χ0) is 13.7. The number of hydrogen-bond donors (Lipinski definition) is 1. The van der Waals surface area contributed by atoms with Crippen LogP contribution in [0.1, 0.15) is 17.8 Å². The monoisotopic (exact) mass is 359 g/mol. The SMILES string of the molecule is CC(NCCOc1ccc(Br)cc1Cl)c1cccs1. The molecule has 2 nitrogen and oxygen atoms in total. The van der Waals surface area contributed by atoms with Gasteiger partial charge in [-0.05, 0) is 36.6 Å². The normalized spacial score (nSPS) is 12.4. The zero-order valence-electron chi connectivity index (χ0n) is 10.5. The molecule has 2 aromatic rings. The molecular weight excluding hydrogens is 346 g/mol. The Balaban J connectivity index is 1.75. The molecular formula is C14H15BrClNOS. The number of halogens is 2. The highest BCUT2D eigenvalue weighted by atomic mass is 79.9. The van der Waals surface area contributed by atoms with Gasteiger partial charge in [-0.25, -0.2) is 0 Å². The van der Waals surface area contributed by atoms with Crippen molar-refractivity contribution in [2.45, 2.75) is 13.0 Å². The number of thiophene rings is 1. The summed E-state index contributed by atoms with van der Waals surface area (Å²) < 4.78 is 6.60. The Morgan fingerprint density at radius 2 is 2.26 bits per heavy atom. The average Bonchev–Trinajstić information content (AvgIpc) is 2.90. The van der Waals surface area contributed by atoms with E-state index in [0.717, 1.165) is 16.8 Å². The summed E-state index contributed by atoms with van der Waals surface area (Å²) in [5.74, 6) is 0.718. The van der Waals surface area contributed by atoms with Gasteiger partial charge in [0, 0.05) is 21.9 Å². The van der Waals surface area contributed by atoms with E-state index in [4.69, 9.17) is 16.3 Å². The summed E-state index contributed by atoms with van der Waals surface area (Å²) in [7, 11) is 0. The molecule has 1 N–H and O–H groups in total. The summed E-state index contributed by atoms with van der Waals surface area (Å²) >= 11 is 11.2. The van der Waals surface area contributed by atoms with Crippen molar-refractivity contribution in [2.75, 3.05) is 13.2 Å². The molecule has 5 heteroatoms. The van der Waals surface area contributed by atoms with Gasteiger partial charge in [0.15, 0.2) is 0 Å². The summed E-state index contributed by atoms with van der Waals surface area (Å²) in [4.78, 5) is 1.33. The van der Waals surface area contributed by atoms with Crippen molar-refractivity contribution in [2.24, 2.45) is 0 Å². The molecule has 1 aromatic heterocycles. The Morgan fingerprint density at radius 1 is 1.42 bits per heavy atom. The Labute approximate surface area is 130 Å². The Kier molecular flexibility index (Phi) is 5.70. The van der Waals surface area contributed by atoms with Crippen LogP contribution < -0.4 is 10.1 Å². The molecule has 0 spiro atoms. The largest absolute Gasteiger partial charge is 0.491 e. The first kappa shape index (κ1) is 14.9. The van der Waals surface area contributed by atoms with E-state index in [9.17, 15) is 0 Å². The van der Waals surface area contributed by atoms with Crippen LogP contribution >= 0.6 is 38.9 Å². The van der Waals surface area contributed by atoms with Crippen LogP contribution in [-0.2, 0) is 0 Å². The first-order valence-corrected chi connectivity index (χ1v) is 8.06. The smallest absolute Gasteiger partial charge is 0.138 e. The van der Waals surface area contributed by atoms with Crippen LogP contribution in [0.25, 0.3) is 0 Å². The van der Waals surface area contributed by atoms with Gasteiger partial charge in [-0.1, -0.05) is 33.6 Å². The molecule has 1 atom stereocenters. The van der Waals surface area contributed by atoms with Crippen LogP contribution in [0.4, 0.5) is 0 Å². The summed E-state index contributed by atoms with van der Waals surface area (Å²) in [6.45, 7) is 3.53. The Morgan fingerprint density at radius 3 is 2.95 bits per heavy atom. The minimum Gasteiger partial charge on any atom is -0.491 e. The predicted molar refractivity (Wildman–Crippen MR) is 85.4 cm³/mol. The van der Waals surface area contributed by atoms with Crippen molar-refractivity contribution in [1.29, 1.82) is 0 Å². The molecule has 1 aromatic carbocycles. The Bertz CT molecular complexity index is 518. The summed E-state index contributed by atoms with van der Waals surface area (Å²) in [6.07, 6.45) is 0. The fourth-order valence-corrected chi connectivity index (χ4v) is 3.15. The third-order valence-corrected chi connectivity index (χ3v) is 4.52. The van der Waals surface area contributed by atoms with E-state index in [1.54, 1.807) is 11.3 Å². The second-order valence-corrected chi connectivity index (χ2v) is 6.42. The van der Waals surface area contributed by atoms with Gasteiger partial charge >= 0.3 is 0 Å². The molecule has 1 unspecified atom stereocenters. The van der Waals surface area contributed by atoms with E-state index in [2.05, 4.69) is 45.7 Å². The van der Waals surface area contributed by atoms with Crippen LogP contribution in [0, 0.1) is 0 Å². The molecule has 0 amide bonds. The second kappa shape index (κ2) is 7.29. The molecule has 0 aliphatic carbocycles. The topological polar surface area (TPSA) is 21.3 Å². The minimum absolute atomic E-state index is 0.351. The number of ether oxygens (including phenoxy) is 1. The van der Waals surface area contributed by atoms with Crippen LogP contribution in [0.5, 0.6) is 5.75 Å². The maximum Gasteiger partial charge on any atom is 0.138 e. The van der Waals surface area contributed by atoms with Crippen LogP contribution in [-0.4, -0.2) is 13.2 Å². The zero-order valence-corrected chi connectivity index (χ0v) is 13.7. The van der Waals surface area contributed by atoms with E-state index in [1.165, 1.54) is 4.88 Å². The van der Waals surface area contributed by atoms with E-state index < -0.39 is 0 Å². The number of rotatable bonds is 6. The van der Waals surface area contributed by atoms with Crippen molar-refractivity contribution in [3.8, 4) is 5.75 Å². The van der Waals surface area contributed by atoms with Gasteiger partial charge in [0.1, 0.15) is 12.4 Å². The minimum atomic E-state index is 0.351. The molecule has 0 radical (unpaired) electrons.